The first-order valence-electron chi connectivity index (χ1n) is 14.5. The van der Waals surface area contributed by atoms with E-state index in [0.29, 0.717) is 59.9 Å². The molecule has 2 N–H and O–H groups in total. The number of ether oxygens (including phenoxy) is 4. The van der Waals surface area contributed by atoms with E-state index in [4.69, 9.17) is 18.9 Å². The lowest BCUT2D eigenvalue weighted by atomic mass is 10.0. The fourth-order valence-corrected chi connectivity index (χ4v) is 5.08. The summed E-state index contributed by atoms with van der Waals surface area (Å²) in [7, 11) is 0. The Morgan fingerprint density at radius 1 is 0.848 bits per heavy atom. The topological polar surface area (TPSA) is 121 Å². The van der Waals surface area contributed by atoms with Crippen LogP contribution in [0.25, 0.3) is 10.9 Å². The molecule has 1 saturated carbocycles. The van der Waals surface area contributed by atoms with Gasteiger partial charge in [-0.15, -0.1) is 0 Å². The molecule has 2 amide bonds. The second kappa shape index (κ2) is 12.0. The molecule has 2 aliphatic rings. The maximum Gasteiger partial charge on any atom is 0.240 e. The van der Waals surface area contributed by atoms with Crippen LogP contribution in [0, 0.1) is 17.0 Å². The molecule has 0 spiro atoms. The van der Waals surface area contributed by atoms with Crippen LogP contribution in [0.5, 0.6) is 28.9 Å². The number of amides is 2. The summed E-state index contributed by atoms with van der Waals surface area (Å²) in [6.45, 7) is 0.904. The molecule has 1 fully saturated rings. The number of nitrogens with zero attached hydrogens (tertiary/aromatic N) is 2. The fourth-order valence-electron chi connectivity index (χ4n) is 5.08. The lowest BCUT2D eigenvalue weighted by molar-refractivity contribution is -0.131. The zero-order valence-electron chi connectivity index (χ0n) is 24.2. The van der Waals surface area contributed by atoms with Crippen molar-refractivity contribution < 1.29 is 37.3 Å². The molecule has 12 heteroatoms. The van der Waals surface area contributed by atoms with Gasteiger partial charge in [0.2, 0.25) is 23.4 Å². The first-order chi connectivity index (χ1) is 22.4. The van der Waals surface area contributed by atoms with Crippen molar-refractivity contribution in [1.29, 1.82) is 0 Å². The number of hydrogen-bond acceptors (Lipinski definition) is 8. The minimum absolute atomic E-state index is 0.0977. The summed E-state index contributed by atoms with van der Waals surface area (Å²) in [5.74, 6) is -1.04. The van der Waals surface area contributed by atoms with E-state index in [0.717, 1.165) is 11.6 Å². The summed E-state index contributed by atoms with van der Waals surface area (Å²) in [5.41, 5.74) is 0.322. The number of nitrogens with one attached hydrogen (secondary N) is 2. The zero-order chi connectivity index (χ0) is 31.7. The van der Waals surface area contributed by atoms with Gasteiger partial charge in [0.05, 0.1) is 11.2 Å². The van der Waals surface area contributed by atoms with E-state index in [9.17, 15) is 14.0 Å². The number of anilines is 2. The minimum Gasteiger partial charge on any atom is -0.485 e. The van der Waals surface area contributed by atoms with E-state index < -0.39 is 28.9 Å². The van der Waals surface area contributed by atoms with E-state index >= 15 is 4.39 Å². The van der Waals surface area contributed by atoms with Crippen LogP contribution in [-0.2, 0) is 16.2 Å². The highest BCUT2D eigenvalue weighted by Gasteiger charge is 2.56. The average Bonchev–Trinajstić information content (AvgIpc) is 3.89. The summed E-state index contributed by atoms with van der Waals surface area (Å²) < 4.78 is 52.4. The normalized spacial score (nSPS) is 14.3. The van der Waals surface area contributed by atoms with Crippen molar-refractivity contribution >= 4 is 34.1 Å². The van der Waals surface area contributed by atoms with E-state index in [1.807, 2.05) is 30.3 Å². The highest BCUT2D eigenvalue weighted by molar-refractivity contribution is 6.17. The Morgan fingerprint density at radius 2 is 1.59 bits per heavy atom. The molecule has 2 heterocycles. The van der Waals surface area contributed by atoms with Crippen molar-refractivity contribution in [2.24, 2.45) is 5.41 Å². The van der Waals surface area contributed by atoms with Gasteiger partial charge in [-0.2, -0.15) is 0 Å². The van der Waals surface area contributed by atoms with Crippen molar-refractivity contribution in [3.8, 4) is 28.9 Å². The predicted octanol–water partition coefficient (Wildman–Crippen LogP) is 6.41. The Bertz CT molecular complexity index is 1950. The van der Waals surface area contributed by atoms with Gasteiger partial charge in [-0.1, -0.05) is 30.3 Å². The summed E-state index contributed by atoms with van der Waals surface area (Å²) in [5, 5.41) is 5.56. The van der Waals surface area contributed by atoms with Crippen LogP contribution < -0.4 is 29.6 Å². The van der Waals surface area contributed by atoms with Gasteiger partial charge in [0.25, 0.3) is 0 Å². The van der Waals surface area contributed by atoms with Gasteiger partial charge in [0, 0.05) is 17.8 Å². The Labute approximate surface area is 261 Å². The van der Waals surface area contributed by atoms with Gasteiger partial charge in [-0.25, -0.2) is 18.7 Å². The van der Waals surface area contributed by atoms with Crippen LogP contribution >= 0.6 is 0 Å². The van der Waals surface area contributed by atoms with Crippen LogP contribution in [0.2, 0.25) is 0 Å². The van der Waals surface area contributed by atoms with Gasteiger partial charge in [0.15, 0.2) is 11.5 Å². The molecule has 0 bridgehead atoms. The smallest absolute Gasteiger partial charge is 0.240 e. The monoisotopic (exact) mass is 624 g/mol. The van der Waals surface area contributed by atoms with E-state index in [1.165, 1.54) is 42.7 Å². The molecule has 0 saturated heterocycles. The lowest BCUT2D eigenvalue weighted by Crippen LogP contribution is -2.35. The van der Waals surface area contributed by atoms with Crippen LogP contribution in [0.3, 0.4) is 0 Å². The van der Waals surface area contributed by atoms with E-state index in [2.05, 4.69) is 20.6 Å². The van der Waals surface area contributed by atoms with Gasteiger partial charge in [-0.05, 0) is 54.8 Å². The Hall–Kier alpha value is -5.78. The number of rotatable bonds is 9. The second-order valence-corrected chi connectivity index (χ2v) is 10.8. The molecule has 10 nitrogen and oxygen atoms in total. The SMILES string of the molecule is O=C(Nc1ccc(F)cc1)C1(C(=O)Nc2ccc(Oc3ncnc4cc(OCc5ccccc5)c5c(c34)OCCO5)cc2F)CC1. The van der Waals surface area contributed by atoms with E-state index in [-0.39, 0.29) is 23.9 Å². The second-order valence-electron chi connectivity index (χ2n) is 10.8. The lowest BCUT2D eigenvalue weighted by Gasteiger charge is -2.23. The van der Waals surface area contributed by atoms with Gasteiger partial charge >= 0.3 is 0 Å². The van der Waals surface area contributed by atoms with Crippen LogP contribution in [0.4, 0.5) is 20.2 Å². The molecular formula is C34H26F2N4O6. The van der Waals surface area contributed by atoms with Crippen molar-refractivity contribution in [2.45, 2.75) is 19.4 Å². The predicted molar refractivity (Wildman–Crippen MR) is 163 cm³/mol. The van der Waals surface area contributed by atoms with Crippen LogP contribution in [-0.4, -0.2) is 35.0 Å². The highest BCUT2D eigenvalue weighted by Crippen LogP contribution is 2.49. The Balaban J connectivity index is 1.09. The average molecular weight is 625 g/mol. The summed E-state index contributed by atoms with van der Waals surface area (Å²) in [4.78, 5) is 34.6. The molecule has 46 heavy (non-hydrogen) atoms. The van der Waals surface area contributed by atoms with Crippen LogP contribution in [0.1, 0.15) is 18.4 Å². The molecule has 7 rings (SSSR count). The van der Waals surface area contributed by atoms with Crippen LogP contribution in [0.15, 0.2) is 85.2 Å². The van der Waals surface area contributed by atoms with Crippen molar-refractivity contribution in [1.82, 2.24) is 9.97 Å². The Morgan fingerprint density at radius 3 is 2.33 bits per heavy atom. The molecule has 4 aromatic carbocycles. The fraction of sp³-hybridized carbons (Fsp3) is 0.176. The number of fused-ring (bicyclic) bond motifs is 3. The number of aromatic nitrogens is 2. The molecule has 0 atom stereocenters. The molecule has 0 radical (unpaired) electrons. The maximum atomic E-state index is 15.2. The van der Waals surface area contributed by atoms with Crippen molar-refractivity contribution in [3.63, 3.8) is 0 Å². The molecule has 1 aliphatic heterocycles. The minimum atomic E-state index is -1.35. The highest BCUT2D eigenvalue weighted by atomic mass is 19.1. The summed E-state index contributed by atoms with van der Waals surface area (Å²) in [6, 6.07) is 20.5. The molecule has 5 aromatic rings. The maximum absolute atomic E-state index is 15.2. The third-order valence-corrected chi connectivity index (χ3v) is 7.70. The van der Waals surface area contributed by atoms with Crippen molar-refractivity contribution in [3.05, 3.63) is 102 Å². The molecule has 1 aliphatic carbocycles. The Kier molecular flexibility index (Phi) is 7.53. The summed E-state index contributed by atoms with van der Waals surface area (Å²) >= 11 is 0. The molecular weight excluding hydrogens is 598 g/mol. The molecule has 232 valence electrons. The largest absolute Gasteiger partial charge is 0.485 e. The number of benzene rings is 4. The van der Waals surface area contributed by atoms with Crippen molar-refractivity contribution in [2.75, 3.05) is 23.8 Å². The van der Waals surface area contributed by atoms with Gasteiger partial charge < -0.3 is 29.6 Å². The number of carbonyl (C=O) groups excluding carboxylic acids is 2. The molecule has 0 unspecified atom stereocenters. The number of carbonyl (C=O) groups is 2. The first-order valence-corrected chi connectivity index (χ1v) is 14.5. The molecule has 1 aromatic heterocycles. The third-order valence-electron chi connectivity index (χ3n) is 7.70. The first kappa shape index (κ1) is 29.0. The standard InChI is InChI=1S/C34H26F2N4O6/c35-21-6-8-22(9-7-21)39-32(41)34(12-13-34)33(42)40-25-11-10-23(16-24(25)36)46-31-28-26(37-19-38-31)17-27(29-30(28)44-15-14-43-29)45-18-20-4-2-1-3-5-20/h1-11,16-17,19H,12-15,18H2,(H,39,41)(H,40,42). The number of hydrogen-bond donors (Lipinski definition) is 2. The van der Waals surface area contributed by atoms with Gasteiger partial charge in [-0.3, -0.25) is 9.59 Å². The third kappa shape index (κ3) is 5.72. The van der Waals surface area contributed by atoms with Gasteiger partial charge in [0.1, 0.15) is 54.3 Å². The summed E-state index contributed by atoms with van der Waals surface area (Å²) in [6.07, 6.45) is 1.90. The zero-order valence-corrected chi connectivity index (χ0v) is 24.2. The van der Waals surface area contributed by atoms with E-state index in [1.54, 1.807) is 6.07 Å². The number of halogens is 2. The quantitative estimate of drug-likeness (QED) is 0.181.